The van der Waals surface area contributed by atoms with E-state index in [2.05, 4.69) is 10.6 Å². The van der Waals surface area contributed by atoms with Gasteiger partial charge in [0.25, 0.3) is 0 Å². The van der Waals surface area contributed by atoms with Crippen LogP contribution < -0.4 is 10.6 Å². The van der Waals surface area contributed by atoms with Crippen molar-refractivity contribution in [2.45, 2.75) is 13.0 Å². The van der Waals surface area contributed by atoms with Crippen LogP contribution in [0.4, 0.5) is 10.5 Å². The summed E-state index contributed by atoms with van der Waals surface area (Å²) in [5.41, 5.74) is 0.635. The first-order valence-corrected chi connectivity index (χ1v) is 6.22. The van der Waals surface area contributed by atoms with E-state index in [1.54, 1.807) is 17.4 Å². The molecule has 0 aliphatic carbocycles. The predicted molar refractivity (Wildman–Crippen MR) is 71.1 cm³/mol. The molecule has 0 unspecified atom stereocenters. The average Bonchev–Trinajstić information content (AvgIpc) is 2.75. The second-order valence-corrected chi connectivity index (χ2v) is 4.78. The summed E-state index contributed by atoms with van der Waals surface area (Å²) in [6, 6.07) is 6.05. The number of carboxylic acid groups (broad SMARTS) is 1. The summed E-state index contributed by atoms with van der Waals surface area (Å²) in [7, 11) is 0. The van der Waals surface area contributed by atoms with Crippen molar-refractivity contribution in [2.24, 2.45) is 0 Å². The van der Waals surface area contributed by atoms with Crippen LogP contribution >= 0.6 is 11.3 Å². The van der Waals surface area contributed by atoms with Gasteiger partial charge < -0.3 is 15.7 Å². The number of aliphatic carboxylic acids is 1. The Kier molecular flexibility index (Phi) is 3.47. The van der Waals surface area contributed by atoms with Crippen molar-refractivity contribution < 1.29 is 14.7 Å². The molecular weight excluding hydrogens is 252 g/mol. The molecular formula is C12H12N2O3S. The number of rotatable bonds is 3. The maximum absolute atomic E-state index is 11.5. The number of fused-ring (bicyclic) bond motifs is 1. The van der Waals surface area contributed by atoms with E-state index in [-0.39, 0.29) is 0 Å². The third-order valence-electron chi connectivity index (χ3n) is 2.43. The lowest BCUT2D eigenvalue weighted by molar-refractivity contribution is -0.138. The molecule has 1 aromatic heterocycles. The fourth-order valence-corrected chi connectivity index (χ4v) is 2.24. The van der Waals surface area contributed by atoms with Crippen LogP contribution in [0.1, 0.15) is 6.92 Å². The summed E-state index contributed by atoms with van der Waals surface area (Å²) in [4.78, 5) is 22.1. The van der Waals surface area contributed by atoms with Gasteiger partial charge in [-0.05, 0) is 42.0 Å². The number of carbonyl (C=O) groups excluding carboxylic acids is 1. The van der Waals surface area contributed by atoms with Crippen LogP contribution in [-0.2, 0) is 4.79 Å². The first-order chi connectivity index (χ1) is 8.56. The van der Waals surface area contributed by atoms with Crippen LogP contribution in [0.2, 0.25) is 0 Å². The predicted octanol–water partition coefficient (Wildman–Crippen LogP) is 2.50. The third-order valence-corrected chi connectivity index (χ3v) is 3.33. The molecule has 0 radical (unpaired) electrons. The summed E-state index contributed by atoms with van der Waals surface area (Å²) in [6.07, 6.45) is 0. The van der Waals surface area contributed by atoms with Gasteiger partial charge in [-0.3, -0.25) is 4.79 Å². The molecule has 0 bridgehead atoms. The fourth-order valence-electron chi connectivity index (χ4n) is 1.47. The Morgan fingerprint density at radius 2 is 2.11 bits per heavy atom. The van der Waals surface area contributed by atoms with E-state index < -0.39 is 18.0 Å². The Bertz CT molecular complexity index is 594. The third kappa shape index (κ3) is 2.78. The molecule has 0 aliphatic rings. The summed E-state index contributed by atoms with van der Waals surface area (Å²) in [5.74, 6) is -1.07. The number of benzene rings is 1. The smallest absolute Gasteiger partial charge is 0.325 e. The topological polar surface area (TPSA) is 78.4 Å². The molecule has 0 saturated heterocycles. The molecule has 1 aromatic carbocycles. The van der Waals surface area contributed by atoms with Crippen molar-refractivity contribution in [1.29, 1.82) is 0 Å². The summed E-state index contributed by atoms with van der Waals surface area (Å²) in [6.45, 7) is 1.41. The van der Waals surface area contributed by atoms with Gasteiger partial charge in [-0.1, -0.05) is 0 Å². The van der Waals surface area contributed by atoms with Crippen molar-refractivity contribution in [2.75, 3.05) is 5.32 Å². The van der Waals surface area contributed by atoms with E-state index in [1.807, 2.05) is 23.6 Å². The second kappa shape index (κ2) is 5.05. The van der Waals surface area contributed by atoms with Crippen molar-refractivity contribution in [1.82, 2.24) is 5.32 Å². The van der Waals surface area contributed by atoms with Crippen LogP contribution in [-0.4, -0.2) is 23.1 Å². The monoisotopic (exact) mass is 264 g/mol. The number of anilines is 1. The van der Waals surface area contributed by atoms with Crippen LogP contribution in [0, 0.1) is 0 Å². The number of amides is 2. The van der Waals surface area contributed by atoms with Gasteiger partial charge in [0.05, 0.1) is 0 Å². The molecule has 5 nitrogen and oxygen atoms in total. The van der Waals surface area contributed by atoms with E-state index in [4.69, 9.17) is 5.11 Å². The molecule has 1 heterocycles. The quantitative estimate of drug-likeness (QED) is 0.797. The highest BCUT2D eigenvalue weighted by Gasteiger charge is 2.13. The summed E-state index contributed by atoms with van der Waals surface area (Å²) < 4.78 is 1.14. The largest absolute Gasteiger partial charge is 0.480 e. The highest BCUT2D eigenvalue weighted by molar-refractivity contribution is 7.17. The summed E-state index contributed by atoms with van der Waals surface area (Å²) >= 11 is 1.62. The minimum absolute atomic E-state index is 0.528. The van der Waals surface area contributed by atoms with E-state index in [9.17, 15) is 9.59 Å². The van der Waals surface area contributed by atoms with Crippen molar-refractivity contribution in [3.8, 4) is 0 Å². The van der Waals surface area contributed by atoms with Crippen molar-refractivity contribution in [3.05, 3.63) is 29.6 Å². The van der Waals surface area contributed by atoms with Gasteiger partial charge in [0, 0.05) is 10.4 Å². The number of hydrogen-bond donors (Lipinski definition) is 3. The number of carbonyl (C=O) groups is 2. The normalized spacial score (nSPS) is 12.1. The Hall–Kier alpha value is -2.08. The Morgan fingerprint density at radius 1 is 1.33 bits per heavy atom. The SMILES string of the molecule is C[C@H](NC(=O)Nc1ccc2sccc2c1)C(=O)O. The molecule has 18 heavy (non-hydrogen) atoms. The minimum Gasteiger partial charge on any atom is -0.480 e. The maximum Gasteiger partial charge on any atom is 0.325 e. The number of nitrogens with one attached hydrogen (secondary N) is 2. The molecule has 2 aromatic rings. The minimum atomic E-state index is -1.07. The Labute approximate surface area is 107 Å². The van der Waals surface area contributed by atoms with Gasteiger partial charge in [0.2, 0.25) is 0 Å². The number of thiophene rings is 1. The lowest BCUT2D eigenvalue weighted by atomic mass is 10.2. The van der Waals surface area contributed by atoms with Crippen LogP contribution in [0.15, 0.2) is 29.6 Å². The van der Waals surface area contributed by atoms with Gasteiger partial charge in [-0.15, -0.1) is 11.3 Å². The first-order valence-electron chi connectivity index (χ1n) is 5.34. The molecule has 6 heteroatoms. The molecule has 2 amide bonds. The van der Waals surface area contributed by atoms with E-state index in [0.717, 1.165) is 10.1 Å². The zero-order valence-corrected chi connectivity index (χ0v) is 10.5. The van der Waals surface area contributed by atoms with E-state index >= 15 is 0 Å². The van der Waals surface area contributed by atoms with Gasteiger partial charge in [-0.25, -0.2) is 4.79 Å². The molecule has 1 atom stereocenters. The molecule has 94 valence electrons. The molecule has 3 N–H and O–H groups in total. The lowest BCUT2D eigenvalue weighted by Crippen LogP contribution is -2.40. The average molecular weight is 264 g/mol. The molecule has 0 spiro atoms. The molecule has 0 aliphatic heterocycles. The van der Waals surface area contributed by atoms with E-state index in [0.29, 0.717) is 5.69 Å². The van der Waals surface area contributed by atoms with Crippen LogP contribution in [0.25, 0.3) is 10.1 Å². The van der Waals surface area contributed by atoms with Crippen LogP contribution in [0.3, 0.4) is 0 Å². The molecule has 0 saturated carbocycles. The summed E-state index contributed by atoms with van der Waals surface area (Å²) in [5, 5.41) is 16.6. The van der Waals surface area contributed by atoms with Crippen molar-refractivity contribution >= 4 is 39.1 Å². The molecule has 0 fully saturated rings. The second-order valence-electron chi connectivity index (χ2n) is 3.83. The van der Waals surface area contributed by atoms with Gasteiger partial charge in [0.1, 0.15) is 6.04 Å². The number of hydrogen-bond acceptors (Lipinski definition) is 3. The Balaban J connectivity index is 2.04. The maximum atomic E-state index is 11.5. The number of carboxylic acids is 1. The first kappa shape index (κ1) is 12.4. The standard InChI is InChI=1S/C12H12N2O3S/c1-7(11(15)16)13-12(17)14-9-2-3-10-8(6-9)4-5-18-10/h2-7H,1H3,(H,15,16)(H2,13,14,17)/t7-/m0/s1. The van der Waals surface area contributed by atoms with Crippen LogP contribution in [0.5, 0.6) is 0 Å². The van der Waals surface area contributed by atoms with Gasteiger partial charge in [0.15, 0.2) is 0 Å². The van der Waals surface area contributed by atoms with Gasteiger partial charge >= 0.3 is 12.0 Å². The fraction of sp³-hybridized carbons (Fsp3) is 0.167. The van der Waals surface area contributed by atoms with Crippen molar-refractivity contribution in [3.63, 3.8) is 0 Å². The van der Waals surface area contributed by atoms with Gasteiger partial charge in [-0.2, -0.15) is 0 Å². The lowest BCUT2D eigenvalue weighted by Gasteiger charge is -2.10. The highest BCUT2D eigenvalue weighted by Crippen LogP contribution is 2.23. The highest BCUT2D eigenvalue weighted by atomic mass is 32.1. The number of urea groups is 1. The zero-order valence-electron chi connectivity index (χ0n) is 9.64. The zero-order chi connectivity index (χ0) is 13.1. The Morgan fingerprint density at radius 3 is 2.83 bits per heavy atom. The van der Waals surface area contributed by atoms with E-state index in [1.165, 1.54) is 6.92 Å². The molecule has 2 rings (SSSR count).